The van der Waals surface area contributed by atoms with Crippen molar-refractivity contribution in [1.82, 2.24) is 9.97 Å². The number of benzene rings is 1. The van der Waals surface area contributed by atoms with Gasteiger partial charge in [-0.3, -0.25) is 4.98 Å². The number of H-pyrrole nitrogens is 1. The standard InChI is InChI=1S/C17H19N3/c1-12-4-3-5-16-14(11-20-17(12)16)6-8-19-15-7-9-18-13(2)10-15/h3-5,7,9-11,20H,6,8H2,1-2H3,(H,18,19). The van der Waals surface area contributed by atoms with Crippen LogP contribution in [-0.4, -0.2) is 16.5 Å². The Morgan fingerprint density at radius 3 is 2.95 bits per heavy atom. The summed E-state index contributed by atoms with van der Waals surface area (Å²) >= 11 is 0. The van der Waals surface area contributed by atoms with E-state index in [2.05, 4.69) is 52.7 Å². The molecular formula is C17H19N3. The van der Waals surface area contributed by atoms with Crippen LogP contribution in [0.5, 0.6) is 0 Å². The fourth-order valence-electron chi connectivity index (χ4n) is 2.57. The summed E-state index contributed by atoms with van der Waals surface area (Å²) in [5, 5.41) is 4.78. The zero-order valence-electron chi connectivity index (χ0n) is 11.9. The van der Waals surface area contributed by atoms with E-state index < -0.39 is 0 Å². The summed E-state index contributed by atoms with van der Waals surface area (Å²) in [5.74, 6) is 0. The Balaban J connectivity index is 1.70. The number of fused-ring (bicyclic) bond motifs is 1. The first-order chi connectivity index (χ1) is 9.74. The van der Waals surface area contributed by atoms with Crippen molar-refractivity contribution in [3.8, 4) is 0 Å². The number of aromatic amines is 1. The Labute approximate surface area is 119 Å². The van der Waals surface area contributed by atoms with E-state index in [9.17, 15) is 0 Å². The number of aromatic nitrogens is 2. The van der Waals surface area contributed by atoms with Gasteiger partial charge in [0.1, 0.15) is 0 Å². The molecule has 0 saturated heterocycles. The molecule has 0 saturated carbocycles. The quantitative estimate of drug-likeness (QED) is 0.752. The molecule has 20 heavy (non-hydrogen) atoms. The molecule has 1 aromatic carbocycles. The van der Waals surface area contributed by atoms with Crippen molar-refractivity contribution in [3.63, 3.8) is 0 Å². The number of pyridine rings is 1. The summed E-state index contributed by atoms with van der Waals surface area (Å²) < 4.78 is 0. The van der Waals surface area contributed by atoms with E-state index >= 15 is 0 Å². The smallest absolute Gasteiger partial charge is 0.0486 e. The van der Waals surface area contributed by atoms with Crippen LogP contribution in [0.3, 0.4) is 0 Å². The van der Waals surface area contributed by atoms with Crippen molar-refractivity contribution in [3.05, 3.63) is 59.5 Å². The summed E-state index contributed by atoms with van der Waals surface area (Å²) in [7, 11) is 0. The molecule has 102 valence electrons. The first-order valence-electron chi connectivity index (χ1n) is 6.96. The van der Waals surface area contributed by atoms with Gasteiger partial charge < -0.3 is 10.3 Å². The number of anilines is 1. The summed E-state index contributed by atoms with van der Waals surface area (Å²) in [6.45, 7) is 5.07. The molecule has 0 bridgehead atoms. The molecule has 0 fully saturated rings. The van der Waals surface area contributed by atoms with Crippen molar-refractivity contribution in [2.45, 2.75) is 20.3 Å². The zero-order chi connectivity index (χ0) is 13.9. The molecule has 0 aliphatic rings. The van der Waals surface area contributed by atoms with Crippen LogP contribution < -0.4 is 5.32 Å². The molecule has 0 spiro atoms. The van der Waals surface area contributed by atoms with E-state index in [1.807, 2.05) is 19.2 Å². The third-order valence-corrected chi connectivity index (χ3v) is 3.63. The van der Waals surface area contributed by atoms with Crippen molar-refractivity contribution >= 4 is 16.6 Å². The number of rotatable bonds is 4. The fraction of sp³-hybridized carbons (Fsp3) is 0.235. The minimum Gasteiger partial charge on any atom is -0.385 e. The van der Waals surface area contributed by atoms with Gasteiger partial charge in [-0.25, -0.2) is 0 Å². The molecule has 0 atom stereocenters. The van der Waals surface area contributed by atoms with Gasteiger partial charge in [0, 0.05) is 41.2 Å². The van der Waals surface area contributed by atoms with Gasteiger partial charge in [0.2, 0.25) is 0 Å². The molecule has 3 heteroatoms. The molecule has 2 heterocycles. The normalized spacial score (nSPS) is 10.9. The highest BCUT2D eigenvalue weighted by molar-refractivity contribution is 5.85. The third-order valence-electron chi connectivity index (χ3n) is 3.63. The van der Waals surface area contributed by atoms with Gasteiger partial charge in [0.05, 0.1) is 0 Å². The van der Waals surface area contributed by atoms with E-state index in [0.29, 0.717) is 0 Å². The SMILES string of the molecule is Cc1cc(NCCc2c[nH]c3c(C)cccc23)ccn1. The second-order valence-corrected chi connectivity index (χ2v) is 5.17. The highest BCUT2D eigenvalue weighted by Crippen LogP contribution is 2.21. The molecule has 3 rings (SSSR count). The van der Waals surface area contributed by atoms with E-state index in [1.54, 1.807) is 0 Å². The van der Waals surface area contributed by atoms with Crippen molar-refractivity contribution in [2.24, 2.45) is 0 Å². The van der Waals surface area contributed by atoms with Crippen LogP contribution in [0.25, 0.3) is 10.9 Å². The summed E-state index contributed by atoms with van der Waals surface area (Å²) in [5.41, 5.74) is 6.09. The number of para-hydroxylation sites is 1. The average molecular weight is 265 g/mol. The monoisotopic (exact) mass is 265 g/mol. The van der Waals surface area contributed by atoms with E-state index in [4.69, 9.17) is 0 Å². The Morgan fingerprint density at radius 2 is 2.10 bits per heavy atom. The molecular weight excluding hydrogens is 246 g/mol. The number of nitrogens with one attached hydrogen (secondary N) is 2. The molecule has 0 aliphatic heterocycles. The van der Waals surface area contributed by atoms with Crippen LogP contribution in [0.4, 0.5) is 5.69 Å². The molecule has 0 aliphatic carbocycles. The summed E-state index contributed by atoms with van der Waals surface area (Å²) in [6, 6.07) is 10.5. The number of hydrogen-bond donors (Lipinski definition) is 2. The minimum atomic E-state index is 0.921. The van der Waals surface area contributed by atoms with Crippen LogP contribution in [0.1, 0.15) is 16.8 Å². The van der Waals surface area contributed by atoms with Crippen LogP contribution >= 0.6 is 0 Å². The first-order valence-corrected chi connectivity index (χ1v) is 6.96. The Morgan fingerprint density at radius 1 is 1.20 bits per heavy atom. The molecule has 2 N–H and O–H groups in total. The minimum absolute atomic E-state index is 0.921. The zero-order valence-corrected chi connectivity index (χ0v) is 11.9. The van der Waals surface area contributed by atoms with Gasteiger partial charge in [0.15, 0.2) is 0 Å². The van der Waals surface area contributed by atoms with Gasteiger partial charge in [-0.15, -0.1) is 0 Å². The van der Waals surface area contributed by atoms with E-state index in [-0.39, 0.29) is 0 Å². The Bertz CT molecular complexity index is 728. The van der Waals surface area contributed by atoms with Crippen molar-refractivity contribution < 1.29 is 0 Å². The number of nitrogens with zero attached hydrogens (tertiary/aromatic N) is 1. The predicted octanol–water partition coefficient (Wildman–Crippen LogP) is 3.83. The van der Waals surface area contributed by atoms with Gasteiger partial charge in [-0.05, 0) is 43.5 Å². The van der Waals surface area contributed by atoms with Gasteiger partial charge in [-0.1, -0.05) is 18.2 Å². The largest absolute Gasteiger partial charge is 0.385 e. The molecule has 0 unspecified atom stereocenters. The lowest BCUT2D eigenvalue weighted by Gasteiger charge is -2.06. The van der Waals surface area contributed by atoms with E-state index in [1.165, 1.54) is 22.0 Å². The average Bonchev–Trinajstić information content (AvgIpc) is 2.84. The summed E-state index contributed by atoms with van der Waals surface area (Å²) in [6.07, 6.45) is 4.97. The van der Waals surface area contributed by atoms with Crippen molar-refractivity contribution in [2.75, 3.05) is 11.9 Å². The second kappa shape index (κ2) is 5.37. The molecule has 0 radical (unpaired) electrons. The van der Waals surface area contributed by atoms with Crippen molar-refractivity contribution in [1.29, 1.82) is 0 Å². The van der Waals surface area contributed by atoms with E-state index in [0.717, 1.165) is 24.3 Å². The van der Waals surface area contributed by atoms with Crippen LogP contribution in [-0.2, 0) is 6.42 Å². The molecule has 2 aromatic heterocycles. The predicted molar refractivity (Wildman–Crippen MR) is 84.2 cm³/mol. The lowest BCUT2D eigenvalue weighted by molar-refractivity contribution is 1.02. The van der Waals surface area contributed by atoms with Crippen LogP contribution in [0.2, 0.25) is 0 Å². The Hall–Kier alpha value is -2.29. The summed E-state index contributed by atoms with van der Waals surface area (Å²) in [4.78, 5) is 7.58. The topological polar surface area (TPSA) is 40.7 Å². The van der Waals surface area contributed by atoms with Crippen LogP contribution in [0.15, 0.2) is 42.7 Å². The maximum absolute atomic E-state index is 4.20. The second-order valence-electron chi connectivity index (χ2n) is 5.17. The third kappa shape index (κ3) is 2.52. The maximum atomic E-state index is 4.20. The lowest BCUT2D eigenvalue weighted by Crippen LogP contribution is -2.04. The highest BCUT2D eigenvalue weighted by atomic mass is 14.9. The first kappa shape index (κ1) is 12.7. The molecule has 3 aromatic rings. The number of aryl methyl sites for hydroxylation is 2. The van der Waals surface area contributed by atoms with Gasteiger partial charge >= 0.3 is 0 Å². The number of hydrogen-bond acceptors (Lipinski definition) is 2. The maximum Gasteiger partial charge on any atom is 0.0486 e. The van der Waals surface area contributed by atoms with Crippen LogP contribution in [0, 0.1) is 13.8 Å². The van der Waals surface area contributed by atoms with Gasteiger partial charge in [-0.2, -0.15) is 0 Å². The Kier molecular flexibility index (Phi) is 3.42. The van der Waals surface area contributed by atoms with Gasteiger partial charge in [0.25, 0.3) is 0 Å². The highest BCUT2D eigenvalue weighted by Gasteiger charge is 2.04. The molecule has 3 nitrogen and oxygen atoms in total. The lowest BCUT2D eigenvalue weighted by atomic mass is 10.1. The fourth-order valence-corrected chi connectivity index (χ4v) is 2.57. The molecule has 0 amide bonds.